The molecule has 0 bridgehead atoms. The highest BCUT2D eigenvalue weighted by Crippen LogP contribution is 2.41. The first-order chi connectivity index (χ1) is 16.3. The van der Waals surface area contributed by atoms with Crippen molar-refractivity contribution in [2.45, 2.75) is 27.7 Å². The van der Waals surface area contributed by atoms with Gasteiger partial charge in [0.1, 0.15) is 11.4 Å². The second kappa shape index (κ2) is 9.18. The minimum Gasteiger partial charge on any atom is -0.496 e. The summed E-state index contributed by atoms with van der Waals surface area (Å²) in [7, 11) is -2.79. The average molecular weight is 438 g/mol. The zero-order valence-corrected chi connectivity index (χ0v) is 18.6. The zero-order valence-electron chi connectivity index (χ0n) is 21.6. The van der Waals surface area contributed by atoms with Gasteiger partial charge in [0.25, 0.3) is 11.8 Å². The Bertz CT molecular complexity index is 1280. The number of anilines is 1. The molecule has 32 heavy (non-hydrogen) atoms. The number of H-pyrrole nitrogens is 1. The van der Waals surface area contributed by atoms with E-state index < -0.39 is 18.9 Å². The van der Waals surface area contributed by atoms with Crippen LogP contribution in [0.1, 0.15) is 50.1 Å². The average Bonchev–Trinajstić information content (AvgIpc) is 3.08. The molecule has 0 aliphatic rings. The van der Waals surface area contributed by atoms with Gasteiger partial charge in [0.15, 0.2) is 0 Å². The monoisotopic (exact) mass is 437 g/mol. The number of carbonyl (C=O) groups excluding carboxylic acids is 2. The number of aryl methyl sites for hydroxylation is 2. The molecule has 0 fully saturated rings. The maximum Gasteiger partial charge on any atom is 0.265 e. The molecule has 0 aliphatic carbocycles. The van der Waals surface area contributed by atoms with Gasteiger partial charge in [-0.05, 0) is 60.7 Å². The van der Waals surface area contributed by atoms with E-state index in [4.69, 9.17) is 20.3 Å². The van der Waals surface area contributed by atoms with Gasteiger partial charge in [-0.25, -0.2) is 0 Å². The van der Waals surface area contributed by atoms with Crippen molar-refractivity contribution in [1.29, 1.82) is 0 Å². The predicted octanol–water partition coefficient (Wildman–Crippen LogP) is 4.04. The minimum atomic E-state index is -2.79. The van der Waals surface area contributed by atoms with Gasteiger partial charge >= 0.3 is 0 Å². The van der Waals surface area contributed by atoms with Crippen LogP contribution in [0.3, 0.4) is 0 Å². The van der Waals surface area contributed by atoms with Crippen LogP contribution in [0.15, 0.2) is 36.4 Å². The molecule has 0 saturated carbocycles. The summed E-state index contributed by atoms with van der Waals surface area (Å²) in [5.74, 6) is -1.06. The standard InChI is InChI=1S/C25H30N4O3/c1-13(2)12-28-25(31)19-8-6-16(11-20(19)32-5)22-21(15(4)29-23(22)24(27)30)18-9-7-17(26)10-14(18)3/h6-11,13,29H,12,26H2,1-5H3,(H2,27,30)(H,28,31)/i5D3. The van der Waals surface area contributed by atoms with Gasteiger partial charge in [-0.2, -0.15) is 0 Å². The smallest absolute Gasteiger partial charge is 0.265 e. The molecule has 0 radical (unpaired) electrons. The Labute approximate surface area is 192 Å². The number of carbonyl (C=O) groups is 2. The molecule has 1 aromatic heterocycles. The Morgan fingerprint density at radius 2 is 1.91 bits per heavy atom. The van der Waals surface area contributed by atoms with Crippen LogP contribution in [-0.2, 0) is 0 Å². The number of aromatic nitrogens is 1. The van der Waals surface area contributed by atoms with Gasteiger partial charge in [-0.15, -0.1) is 0 Å². The van der Waals surface area contributed by atoms with E-state index in [9.17, 15) is 9.59 Å². The topological polar surface area (TPSA) is 123 Å². The van der Waals surface area contributed by atoms with E-state index in [0.29, 0.717) is 34.6 Å². The van der Waals surface area contributed by atoms with E-state index in [1.165, 1.54) is 12.1 Å². The number of benzene rings is 2. The van der Waals surface area contributed by atoms with Gasteiger partial charge in [-0.1, -0.05) is 26.0 Å². The lowest BCUT2D eigenvalue weighted by Crippen LogP contribution is -2.27. The molecule has 6 N–H and O–H groups in total. The van der Waals surface area contributed by atoms with Crippen LogP contribution >= 0.6 is 0 Å². The molecular formula is C25H30N4O3. The van der Waals surface area contributed by atoms with Gasteiger partial charge in [0.2, 0.25) is 0 Å². The first-order valence-corrected chi connectivity index (χ1v) is 10.3. The van der Waals surface area contributed by atoms with Gasteiger partial charge in [0, 0.05) is 29.1 Å². The number of hydrogen-bond acceptors (Lipinski definition) is 4. The molecule has 0 saturated heterocycles. The summed E-state index contributed by atoms with van der Waals surface area (Å²) in [4.78, 5) is 28.2. The van der Waals surface area contributed by atoms with E-state index in [2.05, 4.69) is 10.3 Å². The van der Waals surface area contributed by atoms with Crippen LogP contribution in [0.2, 0.25) is 0 Å². The highest BCUT2D eigenvalue weighted by Gasteiger charge is 2.24. The molecular weight excluding hydrogens is 404 g/mol. The van der Waals surface area contributed by atoms with Crippen molar-refractivity contribution < 1.29 is 18.4 Å². The molecule has 7 heteroatoms. The summed E-state index contributed by atoms with van der Waals surface area (Å²) < 4.78 is 27.9. The Kier molecular flexibility index (Phi) is 5.44. The highest BCUT2D eigenvalue weighted by molar-refractivity contribution is 6.05. The van der Waals surface area contributed by atoms with Gasteiger partial charge < -0.3 is 26.5 Å². The summed E-state index contributed by atoms with van der Waals surface area (Å²) in [5.41, 5.74) is 16.5. The molecule has 3 aromatic rings. The van der Waals surface area contributed by atoms with Crippen molar-refractivity contribution in [2.24, 2.45) is 11.7 Å². The maximum atomic E-state index is 12.8. The molecule has 0 unspecified atom stereocenters. The van der Waals surface area contributed by atoms with Crippen molar-refractivity contribution in [3.05, 3.63) is 58.9 Å². The molecule has 1 heterocycles. The number of nitrogens with one attached hydrogen (secondary N) is 2. The number of hydrogen-bond donors (Lipinski definition) is 4. The van der Waals surface area contributed by atoms with Crippen molar-refractivity contribution in [1.82, 2.24) is 10.3 Å². The first kappa shape index (κ1) is 19.0. The Balaban J connectivity index is 2.24. The summed E-state index contributed by atoms with van der Waals surface area (Å²) in [6, 6.07) is 10.00. The number of primary amides is 1. The molecule has 2 amide bonds. The van der Waals surface area contributed by atoms with E-state index >= 15 is 0 Å². The fourth-order valence-electron chi connectivity index (χ4n) is 3.74. The molecule has 2 aromatic carbocycles. The van der Waals surface area contributed by atoms with Crippen molar-refractivity contribution in [3.63, 3.8) is 0 Å². The number of rotatable bonds is 7. The second-order valence-corrected chi connectivity index (χ2v) is 8.23. The molecule has 0 atom stereocenters. The summed E-state index contributed by atoms with van der Waals surface area (Å²) in [6.07, 6.45) is 0. The van der Waals surface area contributed by atoms with Crippen LogP contribution in [0.25, 0.3) is 22.3 Å². The Morgan fingerprint density at radius 1 is 1.16 bits per heavy atom. The normalized spacial score (nSPS) is 12.7. The van der Waals surface area contributed by atoms with Crippen molar-refractivity contribution in [2.75, 3.05) is 19.3 Å². The number of methoxy groups -OCH3 is 1. The summed E-state index contributed by atoms with van der Waals surface area (Å²) in [5, 5.41) is 2.77. The Hall–Kier alpha value is -3.74. The van der Waals surface area contributed by atoms with E-state index in [-0.39, 0.29) is 22.9 Å². The lowest BCUT2D eigenvalue weighted by atomic mass is 9.91. The molecule has 7 nitrogen and oxygen atoms in total. The summed E-state index contributed by atoms with van der Waals surface area (Å²) >= 11 is 0. The fraction of sp³-hybridized carbons (Fsp3) is 0.280. The minimum absolute atomic E-state index is 0.0728. The van der Waals surface area contributed by atoms with Crippen LogP contribution < -0.4 is 21.5 Å². The molecule has 3 rings (SSSR count). The highest BCUT2D eigenvalue weighted by atomic mass is 16.5. The molecule has 0 spiro atoms. The SMILES string of the molecule is [2H]C([2H])([2H])Oc1cc(-c2c(C(N)=O)[nH]c(C)c2-c2ccc(N)cc2C)ccc1C(=O)NCC(C)C. The lowest BCUT2D eigenvalue weighted by molar-refractivity contribution is 0.0944. The Morgan fingerprint density at radius 3 is 2.53 bits per heavy atom. The van der Waals surface area contributed by atoms with Gasteiger partial charge in [0.05, 0.1) is 16.7 Å². The number of ether oxygens (including phenoxy) is 1. The lowest BCUT2D eigenvalue weighted by Gasteiger charge is -2.14. The largest absolute Gasteiger partial charge is 0.496 e. The van der Waals surface area contributed by atoms with E-state index in [1.54, 1.807) is 12.1 Å². The fourth-order valence-corrected chi connectivity index (χ4v) is 3.74. The van der Waals surface area contributed by atoms with Crippen molar-refractivity contribution >= 4 is 17.5 Å². The van der Waals surface area contributed by atoms with E-state index in [1.807, 2.05) is 39.8 Å². The second-order valence-electron chi connectivity index (χ2n) is 8.23. The van der Waals surface area contributed by atoms with E-state index in [0.717, 1.165) is 11.1 Å². The summed E-state index contributed by atoms with van der Waals surface area (Å²) in [6.45, 7) is 8.02. The first-order valence-electron chi connectivity index (χ1n) is 11.8. The maximum absolute atomic E-state index is 12.8. The van der Waals surface area contributed by atoms with Gasteiger partial charge in [-0.3, -0.25) is 9.59 Å². The predicted molar refractivity (Wildman–Crippen MR) is 128 cm³/mol. The number of nitrogens with two attached hydrogens (primary N) is 2. The van der Waals surface area contributed by atoms with Crippen LogP contribution in [0.4, 0.5) is 5.69 Å². The van der Waals surface area contributed by atoms with Crippen LogP contribution in [0.5, 0.6) is 5.75 Å². The number of amides is 2. The van der Waals surface area contributed by atoms with Crippen LogP contribution in [0, 0.1) is 19.8 Å². The third kappa shape index (κ3) is 4.46. The molecule has 0 aliphatic heterocycles. The van der Waals surface area contributed by atoms with Crippen molar-refractivity contribution in [3.8, 4) is 28.0 Å². The number of nitrogen functional groups attached to an aromatic ring is 1. The zero-order chi connectivity index (χ0) is 26.1. The van der Waals surface area contributed by atoms with Crippen LogP contribution in [-0.4, -0.2) is 30.4 Å². The third-order valence-corrected chi connectivity index (χ3v) is 5.25. The molecule has 168 valence electrons. The third-order valence-electron chi connectivity index (χ3n) is 5.25. The number of aromatic amines is 1. The quantitative estimate of drug-likeness (QED) is 0.417.